The van der Waals surface area contributed by atoms with Crippen molar-refractivity contribution in [1.82, 2.24) is 9.80 Å². The third-order valence-corrected chi connectivity index (χ3v) is 5.13. The molecule has 2 fully saturated rings. The first-order chi connectivity index (χ1) is 12.1. The monoisotopic (exact) mass is 362 g/mol. The standard InChI is InChI=1S/C19H23ClN2O3/c20-17-4-2-1-3-15(17)5-6-18(23)21-9-7-16(8-10-21)19(24)22-11-13-25-14-12-22/h1-6,16H,7-14H2/b6-5+. The number of amides is 2. The van der Waals surface area contributed by atoms with Gasteiger partial charge in [-0.25, -0.2) is 0 Å². The molecule has 0 saturated carbocycles. The predicted octanol–water partition coefficient (Wildman–Crippen LogP) is 2.45. The molecule has 134 valence electrons. The van der Waals surface area contributed by atoms with Gasteiger partial charge in [-0.05, 0) is 30.5 Å². The van der Waals surface area contributed by atoms with Crippen molar-refractivity contribution in [3.63, 3.8) is 0 Å². The highest BCUT2D eigenvalue weighted by Crippen LogP contribution is 2.21. The zero-order valence-electron chi connectivity index (χ0n) is 14.2. The fraction of sp³-hybridized carbons (Fsp3) is 0.474. The van der Waals surface area contributed by atoms with Gasteiger partial charge in [-0.15, -0.1) is 0 Å². The van der Waals surface area contributed by atoms with Gasteiger partial charge in [0.05, 0.1) is 13.2 Å². The summed E-state index contributed by atoms with van der Waals surface area (Å²) < 4.78 is 5.29. The van der Waals surface area contributed by atoms with E-state index in [0.717, 1.165) is 18.4 Å². The number of hydrogen-bond donors (Lipinski definition) is 0. The molecule has 0 unspecified atom stereocenters. The molecule has 0 spiro atoms. The van der Waals surface area contributed by atoms with Gasteiger partial charge in [0.1, 0.15) is 0 Å². The first-order valence-electron chi connectivity index (χ1n) is 8.73. The molecule has 25 heavy (non-hydrogen) atoms. The summed E-state index contributed by atoms with van der Waals surface area (Å²) in [7, 11) is 0. The summed E-state index contributed by atoms with van der Waals surface area (Å²) in [6.45, 7) is 3.84. The van der Waals surface area contributed by atoms with E-state index in [1.165, 1.54) is 0 Å². The lowest BCUT2D eigenvalue weighted by Gasteiger charge is -2.35. The third-order valence-electron chi connectivity index (χ3n) is 4.79. The zero-order valence-corrected chi connectivity index (χ0v) is 15.0. The van der Waals surface area contributed by atoms with Gasteiger partial charge in [-0.2, -0.15) is 0 Å². The lowest BCUT2D eigenvalue weighted by atomic mass is 9.95. The SMILES string of the molecule is O=C(/C=C/c1ccccc1Cl)N1CCC(C(=O)N2CCOCC2)CC1. The molecule has 1 aromatic rings. The molecule has 0 atom stereocenters. The maximum atomic E-state index is 12.5. The molecule has 2 amide bonds. The molecule has 1 aromatic carbocycles. The van der Waals surface area contributed by atoms with Gasteiger partial charge in [0.15, 0.2) is 0 Å². The molecule has 2 aliphatic rings. The van der Waals surface area contributed by atoms with Gasteiger partial charge in [0, 0.05) is 43.2 Å². The maximum Gasteiger partial charge on any atom is 0.246 e. The molecule has 0 aromatic heterocycles. The number of benzene rings is 1. The van der Waals surface area contributed by atoms with Crippen molar-refractivity contribution in [2.24, 2.45) is 5.92 Å². The summed E-state index contributed by atoms with van der Waals surface area (Å²) in [6.07, 6.45) is 4.75. The highest BCUT2D eigenvalue weighted by atomic mass is 35.5. The van der Waals surface area contributed by atoms with Crippen molar-refractivity contribution in [1.29, 1.82) is 0 Å². The van der Waals surface area contributed by atoms with E-state index in [9.17, 15) is 9.59 Å². The minimum atomic E-state index is -0.0304. The van der Waals surface area contributed by atoms with Gasteiger partial charge >= 0.3 is 0 Å². The number of halogens is 1. The van der Waals surface area contributed by atoms with Crippen LogP contribution in [0.1, 0.15) is 18.4 Å². The maximum absolute atomic E-state index is 12.5. The van der Waals surface area contributed by atoms with E-state index in [4.69, 9.17) is 16.3 Å². The summed E-state index contributed by atoms with van der Waals surface area (Å²) in [4.78, 5) is 28.6. The molecule has 0 N–H and O–H groups in total. The van der Waals surface area contributed by atoms with Crippen LogP contribution in [0.25, 0.3) is 6.08 Å². The number of hydrogen-bond acceptors (Lipinski definition) is 3. The van der Waals surface area contributed by atoms with Crippen LogP contribution in [0.3, 0.4) is 0 Å². The molecule has 0 radical (unpaired) electrons. The first-order valence-corrected chi connectivity index (χ1v) is 9.11. The number of likely N-dealkylation sites (tertiary alicyclic amines) is 1. The van der Waals surface area contributed by atoms with E-state index in [2.05, 4.69) is 0 Å². The lowest BCUT2D eigenvalue weighted by Crippen LogP contribution is -2.47. The highest BCUT2D eigenvalue weighted by Gasteiger charge is 2.30. The Balaban J connectivity index is 1.50. The molecular weight excluding hydrogens is 340 g/mol. The lowest BCUT2D eigenvalue weighted by molar-refractivity contribution is -0.142. The Kier molecular flexibility index (Phi) is 6.10. The minimum absolute atomic E-state index is 0.0229. The molecule has 2 aliphatic heterocycles. The molecule has 6 heteroatoms. The minimum Gasteiger partial charge on any atom is -0.378 e. The van der Waals surface area contributed by atoms with Gasteiger partial charge in [0.2, 0.25) is 11.8 Å². The predicted molar refractivity (Wildman–Crippen MR) is 97.2 cm³/mol. The van der Waals surface area contributed by atoms with Gasteiger partial charge in [-0.1, -0.05) is 29.8 Å². The second-order valence-electron chi connectivity index (χ2n) is 6.39. The van der Waals surface area contributed by atoms with E-state index in [-0.39, 0.29) is 17.7 Å². The molecule has 5 nitrogen and oxygen atoms in total. The van der Waals surface area contributed by atoms with Crippen LogP contribution >= 0.6 is 11.6 Å². The van der Waals surface area contributed by atoms with Crippen LogP contribution in [0.2, 0.25) is 5.02 Å². The van der Waals surface area contributed by atoms with Gasteiger partial charge < -0.3 is 14.5 Å². The molecule has 0 bridgehead atoms. The molecule has 2 heterocycles. The van der Waals surface area contributed by atoms with Gasteiger partial charge in [-0.3, -0.25) is 9.59 Å². The molecule has 0 aliphatic carbocycles. The van der Waals surface area contributed by atoms with Crippen molar-refractivity contribution in [3.8, 4) is 0 Å². The molecule has 2 saturated heterocycles. The van der Waals surface area contributed by atoms with E-state index in [1.54, 1.807) is 23.1 Å². The largest absolute Gasteiger partial charge is 0.378 e. The van der Waals surface area contributed by atoms with Crippen LogP contribution in [0.15, 0.2) is 30.3 Å². The second-order valence-corrected chi connectivity index (χ2v) is 6.80. The van der Waals surface area contributed by atoms with Crippen LogP contribution in [-0.2, 0) is 14.3 Å². The summed E-state index contributed by atoms with van der Waals surface area (Å²) in [5.41, 5.74) is 0.829. The number of ether oxygens (including phenoxy) is 1. The van der Waals surface area contributed by atoms with E-state index in [1.807, 2.05) is 23.1 Å². The Morgan fingerprint density at radius 3 is 2.40 bits per heavy atom. The van der Waals surface area contributed by atoms with Crippen LogP contribution < -0.4 is 0 Å². The number of carbonyl (C=O) groups excluding carboxylic acids is 2. The van der Waals surface area contributed by atoms with Crippen LogP contribution in [0.5, 0.6) is 0 Å². The van der Waals surface area contributed by atoms with Crippen molar-refractivity contribution in [2.75, 3.05) is 39.4 Å². The van der Waals surface area contributed by atoms with E-state index >= 15 is 0 Å². The van der Waals surface area contributed by atoms with Crippen molar-refractivity contribution < 1.29 is 14.3 Å². The fourth-order valence-corrected chi connectivity index (χ4v) is 3.46. The first kappa shape index (κ1) is 18.0. The Morgan fingerprint density at radius 2 is 1.72 bits per heavy atom. The summed E-state index contributed by atoms with van der Waals surface area (Å²) >= 11 is 6.09. The van der Waals surface area contributed by atoms with E-state index < -0.39 is 0 Å². The van der Waals surface area contributed by atoms with Crippen molar-refractivity contribution >= 4 is 29.5 Å². The highest BCUT2D eigenvalue weighted by molar-refractivity contribution is 6.32. The molecule has 3 rings (SSSR count). The van der Waals surface area contributed by atoms with Crippen LogP contribution in [0.4, 0.5) is 0 Å². The number of rotatable bonds is 3. The molecular formula is C19H23ClN2O3. The third kappa shape index (κ3) is 4.61. The van der Waals surface area contributed by atoms with Crippen molar-refractivity contribution in [2.45, 2.75) is 12.8 Å². The Labute approximate surface area is 153 Å². The normalized spacial score (nSPS) is 19.4. The topological polar surface area (TPSA) is 49.9 Å². The van der Waals surface area contributed by atoms with E-state index in [0.29, 0.717) is 44.4 Å². The summed E-state index contributed by atoms with van der Waals surface area (Å²) in [6, 6.07) is 7.42. The Morgan fingerprint density at radius 1 is 1.04 bits per heavy atom. The van der Waals surface area contributed by atoms with Crippen molar-refractivity contribution in [3.05, 3.63) is 40.9 Å². The smallest absolute Gasteiger partial charge is 0.246 e. The average Bonchev–Trinajstić information content (AvgIpc) is 2.67. The number of carbonyl (C=O) groups is 2. The van der Waals surface area contributed by atoms with Crippen LogP contribution in [-0.4, -0.2) is 61.0 Å². The Bertz CT molecular complexity index is 648. The second kappa shape index (κ2) is 8.50. The number of nitrogens with zero attached hydrogens (tertiary/aromatic N) is 2. The number of morpholine rings is 1. The summed E-state index contributed by atoms with van der Waals surface area (Å²) in [5, 5.41) is 0.626. The van der Waals surface area contributed by atoms with Crippen LogP contribution in [0, 0.1) is 5.92 Å². The fourth-order valence-electron chi connectivity index (χ4n) is 3.27. The summed E-state index contributed by atoms with van der Waals surface area (Å²) in [5.74, 6) is 0.203. The zero-order chi connectivity index (χ0) is 17.6. The quantitative estimate of drug-likeness (QED) is 0.776. The Hall–Kier alpha value is -1.85. The number of piperidine rings is 1. The average molecular weight is 363 g/mol. The van der Waals surface area contributed by atoms with Gasteiger partial charge in [0.25, 0.3) is 0 Å².